The quantitative estimate of drug-likeness (QED) is 0.693. The molecule has 0 aliphatic carbocycles. The van der Waals surface area contributed by atoms with Crippen LogP contribution in [0.25, 0.3) is 11.3 Å². The summed E-state index contributed by atoms with van der Waals surface area (Å²) >= 11 is 1.41. The Labute approximate surface area is 142 Å². The Morgan fingerprint density at radius 3 is 2.67 bits per heavy atom. The third kappa shape index (κ3) is 2.63. The first-order valence-electron chi connectivity index (χ1n) is 7.35. The van der Waals surface area contributed by atoms with Crippen molar-refractivity contribution in [1.29, 1.82) is 0 Å². The molecule has 0 spiro atoms. The number of nitrogens with one attached hydrogen (secondary N) is 1. The maximum Gasteiger partial charge on any atom is 0.247 e. The lowest BCUT2D eigenvalue weighted by Crippen LogP contribution is -2.17. The number of phenols is 1. The van der Waals surface area contributed by atoms with Gasteiger partial charge in [-0.15, -0.1) is 10.2 Å². The minimum Gasteiger partial charge on any atom is -0.508 e. The van der Waals surface area contributed by atoms with Gasteiger partial charge in [-0.3, -0.25) is 0 Å². The van der Waals surface area contributed by atoms with Crippen LogP contribution in [0.2, 0.25) is 0 Å². The van der Waals surface area contributed by atoms with E-state index in [1.807, 2.05) is 42.7 Å². The monoisotopic (exact) mass is 338 g/mol. The number of hydrogen-bond acceptors (Lipinski definition) is 7. The summed E-state index contributed by atoms with van der Waals surface area (Å²) in [7, 11) is 0. The molecule has 0 radical (unpaired) electrons. The molecular weight excluding hydrogens is 324 g/mol. The van der Waals surface area contributed by atoms with E-state index in [0.717, 1.165) is 16.8 Å². The second kappa shape index (κ2) is 6.01. The van der Waals surface area contributed by atoms with Crippen LogP contribution in [-0.4, -0.2) is 26.5 Å². The zero-order valence-corrected chi connectivity index (χ0v) is 13.6. The number of benzene rings is 2. The van der Waals surface area contributed by atoms with Gasteiger partial charge in [0.05, 0.1) is 0 Å². The zero-order valence-electron chi connectivity index (χ0n) is 12.8. The van der Waals surface area contributed by atoms with Gasteiger partial charge in [-0.1, -0.05) is 30.0 Å². The standard InChI is InChI=1S/C17H14N4O2S/c1-24-17-19-16-14(20-21-17)12-4-2-3-5-13(12)18-15(23-16)10-6-8-11(22)9-7-10/h2-9,15,18,22H,1H3. The van der Waals surface area contributed by atoms with E-state index in [4.69, 9.17) is 4.74 Å². The average Bonchev–Trinajstić information content (AvgIpc) is 2.78. The van der Waals surface area contributed by atoms with E-state index in [9.17, 15) is 5.11 Å². The molecule has 120 valence electrons. The number of rotatable bonds is 2. The molecule has 4 rings (SSSR count). The van der Waals surface area contributed by atoms with Gasteiger partial charge in [0.2, 0.25) is 11.0 Å². The molecule has 2 heterocycles. The van der Waals surface area contributed by atoms with E-state index in [1.54, 1.807) is 12.1 Å². The summed E-state index contributed by atoms with van der Waals surface area (Å²) in [5, 5.41) is 21.8. The SMILES string of the molecule is CSc1nnc2c(n1)OC(c1ccc(O)cc1)Nc1ccccc1-2. The number of aromatic nitrogens is 3. The van der Waals surface area contributed by atoms with Crippen LogP contribution in [0.3, 0.4) is 0 Å². The third-order valence-corrected chi connectivity index (χ3v) is 4.25. The molecule has 2 N–H and O–H groups in total. The van der Waals surface area contributed by atoms with Gasteiger partial charge in [-0.05, 0) is 36.6 Å². The largest absolute Gasteiger partial charge is 0.508 e. The van der Waals surface area contributed by atoms with Crippen molar-refractivity contribution in [1.82, 2.24) is 15.2 Å². The van der Waals surface area contributed by atoms with Crippen LogP contribution in [0, 0.1) is 0 Å². The fourth-order valence-corrected chi connectivity index (χ4v) is 2.83. The topological polar surface area (TPSA) is 80.2 Å². The fourth-order valence-electron chi connectivity index (χ4n) is 2.53. The van der Waals surface area contributed by atoms with Crippen molar-refractivity contribution in [2.75, 3.05) is 11.6 Å². The predicted octanol–water partition coefficient (Wildman–Crippen LogP) is 3.47. The molecule has 1 aliphatic rings. The van der Waals surface area contributed by atoms with Crippen LogP contribution >= 0.6 is 11.8 Å². The van der Waals surface area contributed by atoms with Crippen molar-refractivity contribution in [3.63, 3.8) is 0 Å². The lowest BCUT2D eigenvalue weighted by molar-refractivity contribution is 0.225. The Morgan fingerprint density at radius 2 is 1.88 bits per heavy atom. The first kappa shape index (κ1) is 14.8. The Bertz CT molecular complexity index is 886. The summed E-state index contributed by atoms with van der Waals surface area (Å²) in [6, 6.07) is 14.7. The number of aromatic hydroxyl groups is 1. The maximum absolute atomic E-state index is 9.50. The van der Waals surface area contributed by atoms with Gasteiger partial charge in [0.15, 0.2) is 11.9 Å². The average molecular weight is 338 g/mol. The highest BCUT2D eigenvalue weighted by Crippen LogP contribution is 2.39. The van der Waals surface area contributed by atoms with Gasteiger partial charge in [0.1, 0.15) is 5.75 Å². The summed E-state index contributed by atoms with van der Waals surface area (Å²) in [6.07, 6.45) is 1.45. The third-order valence-electron chi connectivity index (χ3n) is 3.71. The van der Waals surface area contributed by atoms with Crippen molar-refractivity contribution < 1.29 is 9.84 Å². The Kier molecular flexibility index (Phi) is 3.70. The molecule has 1 aliphatic heterocycles. The fraction of sp³-hybridized carbons (Fsp3) is 0.118. The van der Waals surface area contributed by atoms with Crippen molar-refractivity contribution in [2.24, 2.45) is 0 Å². The number of phenolic OH excluding ortho intramolecular Hbond substituents is 1. The molecule has 24 heavy (non-hydrogen) atoms. The van der Waals surface area contributed by atoms with Crippen molar-refractivity contribution in [2.45, 2.75) is 11.4 Å². The highest BCUT2D eigenvalue weighted by Gasteiger charge is 2.25. The summed E-state index contributed by atoms with van der Waals surface area (Å²) < 4.78 is 6.09. The summed E-state index contributed by atoms with van der Waals surface area (Å²) in [5.41, 5.74) is 3.26. The summed E-state index contributed by atoms with van der Waals surface area (Å²) in [4.78, 5) is 4.46. The molecule has 1 atom stereocenters. The number of nitrogens with zero attached hydrogens (tertiary/aromatic N) is 3. The normalized spacial score (nSPS) is 15.5. The maximum atomic E-state index is 9.50. The predicted molar refractivity (Wildman–Crippen MR) is 92.1 cm³/mol. The number of fused-ring (bicyclic) bond motifs is 3. The molecule has 2 aromatic carbocycles. The number of para-hydroxylation sites is 1. The van der Waals surface area contributed by atoms with Crippen molar-refractivity contribution in [3.05, 3.63) is 54.1 Å². The molecule has 1 aromatic heterocycles. The number of anilines is 1. The second-order valence-electron chi connectivity index (χ2n) is 5.23. The Balaban J connectivity index is 1.85. The molecule has 1 unspecified atom stereocenters. The Hall–Kier alpha value is -2.80. The molecule has 6 nitrogen and oxygen atoms in total. The number of thioether (sulfide) groups is 1. The van der Waals surface area contributed by atoms with Gasteiger partial charge >= 0.3 is 0 Å². The van der Waals surface area contributed by atoms with Crippen LogP contribution in [0.1, 0.15) is 11.8 Å². The van der Waals surface area contributed by atoms with E-state index in [2.05, 4.69) is 20.5 Å². The van der Waals surface area contributed by atoms with E-state index in [0.29, 0.717) is 16.7 Å². The van der Waals surface area contributed by atoms with Crippen molar-refractivity contribution in [3.8, 4) is 22.9 Å². The van der Waals surface area contributed by atoms with E-state index in [1.165, 1.54) is 11.8 Å². The first-order valence-corrected chi connectivity index (χ1v) is 8.57. The zero-order chi connectivity index (χ0) is 16.5. The highest BCUT2D eigenvalue weighted by molar-refractivity contribution is 7.98. The molecule has 0 saturated carbocycles. The van der Waals surface area contributed by atoms with Gasteiger partial charge in [0, 0.05) is 16.8 Å². The Morgan fingerprint density at radius 1 is 1.08 bits per heavy atom. The molecule has 0 fully saturated rings. The van der Waals surface area contributed by atoms with Crippen LogP contribution in [0.15, 0.2) is 53.7 Å². The second-order valence-corrected chi connectivity index (χ2v) is 6.01. The number of hydrogen-bond donors (Lipinski definition) is 2. The van der Waals surface area contributed by atoms with E-state index < -0.39 is 6.23 Å². The number of ether oxygens (including phenoxy) is 1. The van der Waals surface area contributed by atoms with Crippen LogP contribution in [0.4, 0.5) is 5.69 Å². The molecule has 0 bridgehead atoms. The van der Waals surface area contributed by atoms with Gasteiger partial charge in [-0.2, -0.15) is 4.98 Å². The molecule has 3 aromatic rings. The van der Waals surface area contributed by atoms with Crippen LogP contribution in [0.5, 0.6) is 11.6 Å². The van der Waals surface area contributed by atoms with Crippen molar-refractivity contribution >= 4 is 17.4 Å². The molecule has 0 saturated heterocycles. The van der Waals surface area contributed by atoms with Crippen LogP contribution in [-0.2, 0) is 0 Å². The molecule has 0 amide bonds. The summed E-state index contributed by atoms with van der Waals surface area (Å²) in [5.74, 6) is 0.645. The lowest BCUT2D eigenvalue weighted by atomic mass is 10.1. The summed E-state index contributed by atoms with van der Waals surface area (Å²) in [6.45, 7) is 0. The van der Waals surface area contributed by atoms with Gasteiger partial charge < -0.3 is 15.2 Å². The highest BCUT2D eigenvalue weighted by atomic mass is 32.2. The minimum absolute atomic E-state index is 0.210. The minimum atomic E-state index is -0.445. The molecule has 7 heteroatoms. The van der Waals surface area contributed by atoms with Gasteiger partial charge in [-0.25, -0.2) is 0 Å². The first-order chi connectivity index (χ1) is 11.7. The van der Waals surface area contributed by atoms with E-state index in [-0.39, 0.29) is 5.75 Å². The smallest absolute Gasteiger partial charge is 0.247 e. The van der Waals surface area contributed by atoms with Gasteiger partial charge in [0.25, 0.3) is 0 Å². The van der Waals surface area contributed by atoms with E-state index >= 15 is 0 Å². The lowest BCUT2D eigenvalue weighted by Gasteiger charge is -2.19. The molecular formula is C17H14N4O2S. The van der Waals surface area contributed by atoms with Crippen LogP contribution < -0.4 is 10.1 Å².